The molecule has 0 heterocycles. The molecule has 2 aromatic rings. The van der Waals surface area contributed by atoms with Crippen LogP contribution >= 0.6 is 11.6 Å². The number of halogens is 1. The first-order valence-electron chi connectivity index (χ1n) is 10.1. The molecule has 2 aromatic carbocycles. The quantitative estimate of drug-likeness (QED) is 0.400. The van der Waals surface area contributed by atoms with Crippen molar-refractivity contribution in [1.29, 1.82) is 0 Å². The molecule has 1 unspecified atom stereocenters. The molecule has 0 saturated heterocycles. The fraction of sp³-hybridized carbons (Fsp3) is 0.391. The Kier molecular flexibility index (Phi) is 10.1. The Labute approximate surface area is 197 Å². The molecule has 0 aliphatic carbocycles. The first kappa shape index (κ1) is 26.1. The summed E-state index contributed by atoms with van der Waals surface area (Å²) in [4.78, 5) is 23.7. The number of carboxylic acids is 1. The van der Waals surface area contributed by atoms with Crippen LogP contribution in [0.3, 0.4) is 0 Å². The molecule has 0 aliphatic rings. The molecule has 0 aliphatic heterocycles. The largest absolute Gasteiger partial charge is 0.496 e. The van der Waals surface area contributed by atoms with Gasteiger partial charge >= 0.3 is 5.97 Å². The van der Waals surface area contributed by atoms with Crippen LogP contribution in [0, 0.1) is 5.92 Å². The Hall–Kier alpha value is -3.17. The summed E-state index contributed by atoms with van der Waals surface area (Å²) in [5, 5.41) is 15.1. The summed E-state index contributed by atoms with van der Waals surface area (Å²) in [6, 6.07) is 8.64. The summed E-state index contributed by atoms with van der Waals surface area (Å²) >= 11 is 6.13. The van der Waals surface area contributed by atoms with E-state index in [0.717, 1.165) is 11.1 Å². The minimum absolute atomic E-state index is 0.249. The summed E-state index contributed by atoms with van der Waals surface area (Å²) in [7, 11) is 6.18. The van der Waals surface area contributed by atoms with Crippen molar-refractivity contribution in [2.45, 2.75) is 13.0 Å². The number of methoxy groups -OCH3 is 4. The molecule has 33 heavy (non-hydrogen) atoms. The highest BCUT2D eigenvalue weighted by atomic mass is 35.5. The molecule has 180 valence electrons. The minimum Gasteiger partial charge on any atom is -0.496 e. The number of carbonyl (C=O) groups excluding carboxylic acids is 1. The monoisotopic (exact) mass is 480 g/mol. The summed E-state index contributed by atoms with van der Waals surface area (Å²) < 4.78 is 21.6. The van der Waals surface area contributed by atoms with Crippen LogP contribution in [0.5, 0.6) is 23.0 Å². The van der Waals surface area contributed by atoms with Crippen molar-refractivity contribution in [3.63, 3.8) is 0 Å². The summed E-state index contributed by atoms with van der Waals surface area (Å²) in [6.45, 7) is 0.118. The van der Waals surface area contributed by atoms with Crippen LogP contribution in [-0.4, -0.2) is 58.5 Å². The van der Waals surface area contributed by atoms with Gasteiger partial charge in [0.15, 0.2) is 0 Å². The summed E-state index contributed by atoms with van der Waals surface area (Å²) in [5.41, 5.74) is 1.49. The van der Waals surface area contributed by atoms with E-state index in [1.165, 1.54) is 7.11 Å². The molecule has 3 N–H and O–H groups in total. The third-order valence-corrected chi connectivity index (χ3v) is 5.24. The van der Waals surface area contributed by atoms with Gasteiger partial charge in [-0.05, 0) is 30.2 Å². The molecule has 0 bridgehead atoms. The van der Waals surface area contributed by atoms with Gasteiger partial charge in [-0.25, -0.2) is 0 Å². The van der Waals surface area contributed by atoms with E-state index in [-0.39, 0.29) is 6.54 Å². The molecular weight excluding hydrogens is 452 g/mol. The Morgan fingerprint density at radius 1 is 0.970 bits per heavy atom. The zero-order chi connectivity index (χ0) is 24.4. The maximum Gasteiger partial charge on any atom is 0.322 e. The van der Waals surface area contributed by atoms with Crippen LogP contribution in [0.1, 0.15) is 11.1 Å². The van der Waals surface area contributed by atoms with Crippen LogP contribution < -0.4 is 29.6 Å². The maximum absolute atomic E-state index is 12.8. The van der Waals surface area contributed by atoms with Crippen molar-refractivity contribution in [2.24, 2.45) is 5.92 Å². The number of carboxylic acid groups (broad SMARTS) is 1. The van der Waals surface area contributed by atoms with Gasteiger partial charge in [-0.2, -0.15) is 0 Å². The number of aliphatic carboxylic acids is 1. The molecule has 2 rings (SSSR count). The molecule has 1 amide bonds. The third kappa shape index (κ3) is 7.44. The molecule has 0 fully saturated rings. The third-order valence-electron chi connectivity index (χ3n) is 5.00. The molecule has 0 spiro atoms. The van der Waals surface area contributed by atoms with E-state index >= 15 is 0 Å². The van der Waals surface area contributed by atoms with Crippen molar-refractivity contribution >= 4 is 23.5 Å². The first-order valence-corrected chi connectivity index (χ1v) is 10.5. The van der Waals surface area contributed by atoms with Gasteiger partial charge < -0.3 is 34.7 Å². The van der Waals surface area contributed by atoms with Gasteiger partial charge in [0.2, 0.25) is 5.91 Å². The van der Waals surface area contributed by atoms with Crippen molar-refractivity contribution in [1.82, 2.24) is 10.6 Å². The molecule has 0 saturated carbocycles. The Morgan fingerprint density at radius 2 is 1.61 bits per heavy atom. The van der Waals surface area contributed by atoms with E-state index < -0.39 is 24.3 Å². The zero-order valence-electron chi connectivity index (χ0n) is 19.1. The number of nitrogens with one attached hydrogen (secondary N) is 2. The van der Waals surface area contributed by atoms with Gasteiger partial charge in [0.25, 0.3) is 0 Å². The van der Waals surface area contributed by atoms with E-state index in [1.807, 2.05) is 0 Å². The Morgan fingerprint density at radius 3 is 2.15 bits per heavy atom. The number of benzene rings is 2. The average molecular weight is 481 g/mol. The topological polar surface area (TPSA) is 115 Å². The first-order chi connectivity index (χ1) is 15.8. The van der Waals surface area contributed by atoms with Gasteiger partial charge in [0.05, 0.1) is 39.9 Å². The fourth-order valence-corrected chi connectivity index (χ4v) is 3.55. The van der Waals surface area contributed by atoms with E-state index in [2.05, 4.69) is 10.6 Å². The summed E-state index contributed by atoms with van der Waals surface area (Å²) in [5.74, 6) is 0.208. The average Bonchev–Trinajstić information content (AvgIpc) is 2.81. The van der Waals surface area contributed by atoms with Gasteiger partial charge in [0, 0.05) is 30.2 Å². The lowest BCUT2D eigenvalue weighted by Gasteiger charge is -2.20. The lowest BCUT2D eigenvalue weighted by molar-refractivity contribution is -0.138. The zero-order valence-corrected chi connectivity index (χ0v) is 19.8. The van der Waals surface area contributed by atoms with E-state index in [4.69, 9.17) is 35.7 Å². The highest BCUT2D eigenvalue weighted by molar-refractivity contribution is 6.30. The van der Waals surface area contributed by atoms with E-state index in [9.17, 15) is 9.59 Å². The van der Waals surface area contributed by atoms with Crippen molar-refractivity contribution in [3.05, 3.63) is 46.5 Å². The number of ether oxygens (including phenoxy) is 4. The number of hydrogen-bond acceptors (Lipinski definition) is 7. The van der Waals surface area contributed by atoms with E-state index in [1.54, 1.807) is 51.7 Å². The van der Waals surface area contributed by atoms with Crippen molar-refractivity contribution < 1.29 is 33.6 Å². The molecule has 10 heteroatoms. The van der Waals surface area contributed by atoms with Gasteiger partial charge in [-0.15, -0.1) is 0 Å². The molecule has 1 atom stereocenters. The summed E-state index contributed by atoms with van der Waals surface area (Å²) in [6.07, 6.45) is 0.291. The van der Waals surface area contributed by atoms with Gasteiger partial charge in [0.1, 0.15) is 29.5 Å². The maximum atomic E-state index is 12.8. The fourth-order valence-electron chi connectivity index (χ4n) is 3.36. The highest BCUT2D eigenvalue weighted by Gasteiger charge is 2.22. The molecule has 9 nitrogen and oxygen atoms in total. The number of amides is 1. The predicted molar refractivity (Wildman–Crippen MR) is 124 cm³/mol. The smallest absolute Gasteiger partial charge is 0.322 e. The normalized spacial score (nSPS) is 11.4. The predicted octanol–water partition coefficient (Wildman–Crippen LogP) is 2.52. The van der Waals surface area contributed by atoms with Crippen LogP contribution in [-0.2, 0) is 22.6 Å². The van der Waals surface area contributed by atoms with Crippen LogP contribution in [0.15, 0.2) is 30.3 Å². The molecular formula is C23H29ClN2O7. The van der Waals surface area contributed by atoms with Gasteiger partial charge in [-0.3, -0.25) is 9.59 Å². The molecule has 0 aromatic heterocycles. The second-order valence-corrected chi connectivity index (χ2v) is 7.55. The van der Waals surface area contributed by atoms with Crippen LogP contribution in [0.25, 0.3) is 0 Å². The van der Waals surface area contributed by atoms with Gasteiger partial charge in [-0.1, -0.05) is 11.6 Å². The van der Waals surface area contributed by atoms with E-state index in [0.29, 0.717) is 41.0 Å². The standard InChI is InChI=1S/C23H29ClN2O7/c1-30-17-9-20(32-3)18(21(10-17)33-4)12-25-11-15(23(29)26-13-22(27)28)7-14-8-16(24)5-6-19(14)31-2/h5-6,8-10,15,25H,7,11-13H2,1-4H3,(H,26,29)(H,27,28). The highest BCUT2D eigenvalue weighted by Crippen LogP contribution is 2.34. The number of carbonyl (C=O) groups is 2. The van der Waals surface area contributed by atoms with Crippen LogP contribution in [0.4, 0.5) is 0 Å². The number of rotatable bonds is 13. The Balaban J connectivity index is 2.21. The molecule has 0 radical (unpaired) electrons. The lowest BCUT2D eigenvalue weighted by Crippen LogP contribution is -2.40. The lowest BCUT2D eigenvalue weighted by atomic mass is 9.97. The van der Waals surface area contributed by atoms with Crippen molar-refractivity contribution in [2.75, 3.05) is 41.5 Å². The minimum atomic E-state index is -1.12. The van der Waals surface area contributed by atoms with Crippen molar-refractivity contribution in [3.8, 4) is 23.0 Å². The second-order valence-electron chi connectivity index (χ2n) is 7.11. The van der Waals surface area contributed by atoms with Crippen LogP contribution in [0.2, 0.25) is 5.02 Å². The SMILES string of the molecule is COc1cc(OC)c(CNCC(Cc2cc(Cl)ccc2OC)C(=O)NCC(=O)O)c(OC)c1. The Bertz CT molecular complexity index is 943. The number of hydrogen-bond donors (Lipinski definition) is 3. The second kappa shape index (κ2) is 12.8.